The summed E-state index contributed by atoms with van der Waals surface area (Å²) in [4.78, 5) is 1.27. The molecule has 1 aromatic carbocycles. The van der Waals surface area contributed by atoms with Gasteiger partial charge in [0.25, 0.3) is 0 Å². The molecule has 2 rings (SSSR count). The third kappa shape index (κ3) is 1.47. The van der Waals surface area contributed by atoms with Gasteiger partial charge in [0.1, 0.15) is 0 Å². The van der Waals surface area contributed by atoms with Gasteiger partial charge in [-0.1, -0.05) is 6.07 Å². The third-order valence-electron chi connectivity index (χ3n) is 2.24. The van der Waals surface area contributed by atoms with E-state index in [-0.39, 0.29) is 0 Å². The van der Waals surface area contributed by atoms with Crippen molar-refractivity contribution in [1.82, 2.24) is 0 Å². The Morgan fingerprint density at radius 2 is 2.00 bits per heavy atom. The fraction of sp³-hybridized carbons (Fsp3) is 0.273. The van der Waals surface area contributed by atoms with E-state index in [0.717, 1.165) is 0 Å². The Morgan fingerprint density at radius 3 is 2.69 bits per heavy atom. The van der Waals surface area contributed by atoms with E-state index in [9.17, 15) is 0 Å². The van der Waals surface area contributed by atoms with Crippen LogP contribution in [0.5, 0.6) is 0 Å². The Morgan fingerprint density at radius 1 is 1.23 bits per heavy atom. The molecule has 1 aromatic heterocycles. The number of thiophene rings is 1. The van der Waals surface area contributed by atoms with Crippen LogP contribution in [-0.4, -0.2) is 0 Å². The number of hydrogen-bond donors (Lipinski definition) is 1. The second kappa shape index (κ2) is 3.13. The summed E-state index contributed by atoms with van der Waals surface area (Å²) < 4.78 is 1.36. The maximum atomic E-state index is 5.61. The minimum Gasteiger partial charge on any atom is -0.326 e. The minimum absolute atomic E-state index is 0.651. The average molecular weight is 191 g/mol. The summed E-state index contributed by atoms with van der Waals surface area (Å²) in [5.41, 5.74) is 8.29. The Bertz CT molecular complexity index is 443. The number of nitrogens with two attached hydrogens (primary N) is 1. The lowest BCUT2D eigenvalue weighted by atomic mass is 10.1. The van der Waals surface area contributed by atoms with Gasteiger partial charge >= 0.3 is 0 Å². The SMILES string of the molecule is Cc1cc(C)c2cc(CN)sc2c1. The molecular weight excluding hydrogens is 178 g/mol. The van der Waals surface area contributed by atoms with E-state index in [1.54, 1.807) is 11.3 Å². The zero-order chi connectivity index (χ0) is 9.42. The first-order valence-electron chi connectivity index (χ1n) is 4.40. The van der Waals surface area contributed by atoms with Gasteiger partial charge in [0.2, 0.25) is 0 Å². The molecule has 0 saturated heterocycles. The first-order valence-corrected chi connectivity index (χ1v) is 5.22. The van der Waals surface area contributed by atoms with E-state index >= 15 is 0 Å². The summed E-state index contributed by atoms with van der Waals surface area (Å²) in [5, 5.41) is 1.36. The molecule has 0 bridgehead atoms. The van der Waals surface area contributed by atoms with Gasteiger partial charge in [-0.25, -0.2) is 0 Å². The highest BCUT2D eigenvalue weighted by molar-refractivity contribution is 7.19. The van der Waals surface area contributed by atoms with Gasteiger partial charge in [-0.05, 0) is 42.5 Å². The second-order valence-corrected chi connectivity index (χ2v) is 4.58. The standard InChI is InChI=1S/C11H13NS/c1-7-3-8(2)10-5-9(6-12)13-11(10)4-7/h3-5H,6,12H2,1-2H3. The summed E-state index contributed by atoms with van der Waals surface area (Å²) in [6.45, 7) is 4.94. The van der Waals surface area contributed by atoms with Crippen LogP contribution in [0, 0.1) is 13.8 Å². The van der Waals surface area contributed by atoms with E-state index in [2.05, 4.69) is 32.0 Å². The lowest BCUT2D eigenvalue weighted by Gasteiger charge is -1.97. The van der Waals surface area contributed by atoms with E-state index in [1.165, 1.54) is 26.1 Å². The molecule has 0 aliphatic rings. The van der Waals surface area contributed by atoms with Crippen molar-refractivity contribution in [3.63, 3.8) is 0 Å². The molecular formula is C11H13NS. The van der Waals surface area contributed by atoms with Crippen LogP contribution < -0.4 is 5.73 Å². The van der Waals surface area contributed by atoms with E-state index < -0.39 is 0 Å². The lowest BCUT2D eigenvalue weighted by molar-refractivity contribution is 1.11. The molecule has 0 atom stereocenters. The van der Waals surface area contributed by atoms with Gasteiger partial charge in [0, 0.05) is 16.1 Å². The molecule has 2 heteroatoms. The van der Waals surface area contributed by atoms with Crippen molar-refractivity contribution in [3.8, 4) is 0 Å². The van der Waals surface area contributed by atoms with Crippen LogP contribution in [0.25, 0.3) is 10.1 Å². The van der Waals surface area contributed by atoms with Gasteiger partial charge < -0.3 is 5.73 Å². The highest BCUT2D eigenvalue weighted by atomic mass is 32.1. The zero-order valence-corrected chi connectivity index (χ0v) is 8.74. The number of benzene rings is 1. The lowest BCUT2D eigenvalue weighted by Crippen LogP contribution is -1.91. The number of fused-ring (bicyclic) bond motifs is 1. The second-order valence-electron chi connectivity index (χ2n) is 3.41. The normalized spacial score (nSPS) is 11.0. The Kier molecular flexibility index (Phi) is 2.10. The highest BCUT2D eigenvalue weighted by Gasteiger charge is 2.03. The van der Waals surface area contributed by atoms with Crippen LogP contribution in [0.4, 0.5) is 0 Å². The first-order chi connectivity index (χ1) is 6.20. The van der Waals surface area contributed by atoms with Crippen LogP contribution in [0.15, 0.2) is 18.2 Å². The van der Waals surface area contributed by atoms with Crippen LogP contribution in [0.2, 0.25) is 0 Å². The van der Waals surface area contributed by atoms with Gasteiger partial charge in [-0.2, -0.15) is 0 Å². The molecule has 68 valence electrons. The predicted molar refractivity (Wildman–Crippen MR) is 59.2 cm³/mol. The summed E-state index contributed by atoms with van der Waals surface area (Å²) in [6.07, 6.45) is 0. The van der Waals surface area contributed by atoms with Gasteiger partial charge in [0.05, 0.1) is 0 Å². The molecule has 0 unspecified atom stereocenters. The Hall–Kier alpha value is -0.860. The topological polar surface area (TPSA) is 26.0 Å². The third-order valence-corrected chi connectivity index (χ3v) is 3.35. The van der Waals surface area contributed by atoms with Gasteiger partial charge in [-0.15, -0.1) is 11.3 Å². The monoisotopic (exact) mass is 191 g/mol. The maximum Gasteiger partial charge on any atom is 0.0351 e. The first kappa shape index (κ1) is 8.73. The summed E-state index contributed by atoms with van der Waals surface area (Å²) in [5.74, 6) is 0. The largest absolute Gasteiger partial charge is 0.326 e. The van der Waals surface area contributed by atoms with Crippen LogP contribution >= 0.6 is 11.3 Å². The molecule has 0 aliphatic heterocycles. The molecule has 0 amide bonds. The fourth-order valence-electron chi connectivity index (χ4n) is 1.64. The van der Waals surface area contributed by atoms with Crippen molar-refractivity contribution in [2.24, 2.45) is 5.73 Å². The number of hydrogen-bond acceptors (Lipinski definition) is 2. The molecule has 13 heavy (non-hydrogen) atoms. The Balaban J connectivity index is 2.75. The smallest absolute Gasteiger partial charge is 0.0351 e. The summed E-state index contributed by atoms with van der Waals surface area (Å²) in [7, 11) is 0. The predicted octanol–water partition coefficient (Wildman–Crippen LogP) is 2.98. The number of rotatable bonds is 1. The molecule has 0 aliphatic carbocycles. The van der Waals surface area contributed by atoms with Crippen molar-refractivity contribution in [2.75, 3.05) is 0 Å². The zero-order valence-electron chi connectivity index (χ0n) is 7.92. The molecule has 1 heterocycles. The van der Waals surface area contributed by atoms with Crippen LogP contribution in [0.3, 0.4) is 0 Å². The molecule has 1 nitrogen and oxygen atoms in total. The Labute approximate surface area is 82.2 Å². The quantitative estimate of drug-likeness (QED) is 0.736. The molecule has 0 saturated carbocycles. The van der Waals surface area contributed by atoms with E-state index in [1.807, 2.05) is 0 Å². The molecule has 0 fully saturated rings. The molecule has 0 radical (unpaired) electrons. The van der Waals surface area contributed by atoms with Crippen molar-refractivity contribution in [3.05, 3.63) is 34.2 Å². The fourth-order valence-corrected chi connectivity index (χ4v) is 2.76. The van der Waals surface area contributed by atoms with Gasteiger partial charge in [-0.3, -0.25) is 0 Å². The average Bonchev–Trinajstić information content (AvgIpc) is 2.47. The van der Waals surface area contributed by atoms with Crippen molar-refractivity contribution in [1.29, 1.82) is 0 Å². The van der Waals surface area contributed by atoms with Crippen molar-refractivity contribution < 1.29 is 0 Å². The van der Waals surface area contributed by atoms with Crippen molar-refractivity contribution >= 4 is 21.4 Å². The van der Waals surface area contributed by atoms with Crippen LogP contribution in [-0.2, 0) is 6.54 Å². The summed E-state index contributed by atoms with van der Waals surface area (Å²) >= 11 is 1.80. The maximum absolute atomic E-state index is 5.61. The van der Waals surface area contributed by atoms with Crippen molar-refractivity contribution in [2.45, 2.75) is 20.4 Å². The highest BCUT2D eigenvalue weighted by Crippen LogP contribution is 2.28. The minimum atomic E-state index is 0.651. The summed E-state index contributed by atoms with van der Waals surface area (Å²) in [6, 6.07) is 6.65. The molecule has 2 aromatic rings. The van der Waals surface area contributed by atoms with Gasteiger partial charge in [0.15, 0.2) is 0 Å². The van der Waals surface area contributed by atoms with Crippen LogP contribution in [0.1, 0.15) is 16.0 Å². The molecule has 0 spiro atoms. The molecule has 2 N–H and O–H groups in total. The van der Waals surface area contributed by atoms with E-state index in [4.69, 9.17) is 5.73 Å². The van der Waals surface area contributed by atoms with E-state index in [0.29, 0.717) is 6.54 Å². The number of aryl methyl sites for hydroxylation is 2.